The van der Waals surface area contributed by atoms with Gasteiger partial charge in [0.05, 0.1) is 12.5 Å². The third-order valence-electron chi connectivity index (χ3n) is 2.68. The van der Waals surface area contributed by atoms with Crippen LogP contribution in [0.3, 0.4) is 0 Å². The summed E-state index contributed by atoms with van der Waals surface area (Å²) in [5.41, 5.74) is 0.824. The van der Waals surface area contributed by atoms with Crippen LogP contribution in [0, 0.1) is 0 Å². The lowest BCUT2D eigenvalue weighted by atomic mass is 10.1. The summed E-state index contributed by atoms with van der Waals surface area (Å²) in [6, 6.07) is 4.69. The first-order valence-corrected chi connectivity index (χ1v) is 6.86. The predicted molar refractivity (Wildman–Crippen MR) is 77.9 cm³/mol. The van der Waals surface area contributed by atoms with Crippen molar-refractivity contribution in [3.8, 4) is 0 Å². The Hall–Kier alpha value is -2.09. The van der Waals surface area contributed by atoms with Crippen molar-refractivity contribution >= 4 is 33.9 Å². The van der Waals surface area contributed by atoms with Gasteiger partial charge >= 0.3 is 18.0 Å². The van der Waals surface area contributed by atoms with Gasteiger partial charge in [-0.15, -0.1) is 0 Å². The summed E-state index contributed by atoms with van der Waals surface area (Å²) in [6.07, 6.45) is -0.686. The predicted octanol–water partition coefficient (Wildman–Crippen LogP) is 1.74. The van der Waals surface area contributed by atoms with Gasteiger partial charge in [0.2, 0.25) is 0 Å². The van der Waals surface area contributed by atoms with Crippen LogP contribution in [-0.4, -0.2) is 34.2 Å². The topological polar surface area (TPSA) is 116 Å². The lowest BCUT2D eigenvalue weighted by Crippen LogP contribution is -2.47. The zero-order chi connectivity index (χ0) is 16.0. The van der Waals surface area contributed by atoms with Crippen molar-refractivity contribution in [1.82, 2.24) is 10.6 Å². The zero-order valence-corrected chi connectivity index (χ0v) is 12.8. The van der Waals surface area contributed by atoms with Crippen LogP contribution in [0.15, 0.2) is 28.7 Å². The van der Waals surface area contributed by atoms with Crippen molar-refractivity contribution in [3.63, 3.8) is 0 Å². The fraction of sp³-hybridized carbons (Fsp3) is 0.308. The first-order valence-electron chi connectivity index (χ1n) is 6.06. The normalized spacial score (nSPS) is 13.0. The van der Waals surface area contributed by atoms with Gasteiger partial charge < -0.3 is 20.8 Å². The maximum Gasteiger partial charge on any atom is 0.326 e. The molecule has 8 heteroatoms. The zero-order valence-electron chi connectivity index (χ0n) is 11.2. The highest BCUT2D eigenvalue weighted by Gasteiger charge is 2.23. The molecular weight excluding hydrogens is 344 g/mol. The van der Waals surface area contributed by atoms with E-state index in [0.29, 0.717) is 0 Å². The number of aliphatic carboxylic acids is 2. The van der Waals surface area contributed by atoms with Crippen LogP contribution in [0.1, 0.15) is 24.9 Å². The minimum atomic E-state index is -1.47. The molecule has 21 heavy (non-hydrogen) atoms. The first-order chi connectivity index (χ1) is 9.79. The van der Waals surface area contributed by atoms with Crippen LogP contribution < -0.4 is 10.6 Å². The molecule has 0 radical (unpaired) electrons. The molecule has 0 aliphatic rings. The van der Waals surface area contributed by atoms with E-state index in [1.54, 1.807) is 13.0 Å². The molecule has 1 unspecified atom stereocenters. The average Bonchev–Trinajstić information content (AvgIpc) is 2.37. The van der Waals surface area contributed by atoms with Crippen molar-refractivity contribution in [2.45, 2.75) is 25.4 Å². The van der Waals surface area contributed by atoms with E-state index >= 15 is 0 Å². The fourth-order valence-electron chi connectivity index (χ4n) is 1.63. The number of urea groups is 1. The minimum Gasteiger partial charge on any atom is -0.481 e. The van der Waals surface area contributed by atoms with Gasteiger partial charge in [-0.1, -0.05) is 28.1 Å². The second kappa shape index (κ2) is 7.63. The molecule has 0 spiro atoms. The number of rotatable bonds is 6. The molecule has 0 heterocycles. The molecule has 0 saturated heterocycles. The number of carboxylic acids is 2. The van der Waals surface area contributed by atoms with E-state index in [1.807, 2.05) is 18.2 Å². The van der Waals surface area contributed by atoms with E-state index in [0.717, 1.165) is 10.0 Å². The molecule has 2 atom stereocenters. The number of carbonyl (C=O) groups is 3. The minimum absolute atomic E-state index is 0.359. The molecule has 0 aliphatic carbocycles. The van der Waals surface area contributed by atoms with Gasteiger partial charge in [0.1, 0.15) is 6.04 Å². The summed E-state index contributed by atoms with van der Waals surface area (Å²) in [5.74, 6) is -2.70. The number of benzene rings is 1. The van der Waals surface area contributed by atoms with Crippen LogP contribution in [0.4, 0.5) is 4.79 Å². The highest BCUT2D eigenvalue weighted by molar-refractivity contribution is 9.10. The Morgan fingerprint density at radius 3 is 2.43 bits per heavy atom. The van der Waals surface area contributed by atoms with Gasteiger partial charge in [0.25, 0.3) is 0 Å². The third kappa shape index (κ3) is 5.82. The number of carbonyl (C=O) groups excluding carboxylic acids is 1. The molecule has 0 aliphatic heterocycles. The number of hydrogen-bond donors (Lipinski definition) is 4. The van der Waals surface area contributed by atoms with Crippen molar-refractivity contribution < 1.29 is 24.6 Å². The van der Waals surface area contributed by atoms with E-state index in [9.17, 15) is 14.4 Å². The number of amides is 2. The highest BCUT2D eigenvalue weighted by Crippen LogP contribution is 2.17. The summed E-state index contributed by atoms with van der Waals surface area (Å²) in [6.45, 7) is 1.73. The Kier molecular flexibility index (Phi) is 6.16. The van der Waals surface area contributed by atoms with E-state index in [-0.39, 0.29) is 6.04 Å². The van der Waals surface area contributed by atoms with E-state index in [1.165, 1.54) is 0 Å². The maximum absolute atomic E-state index is 11.7. The number of carboxylic acid groups (broad SMARTS) is 2. The molecule has 1 aromatic rings. The molecule has 0 aromatic heterocycles. The molecule has 1 rings (SSSR count). The van der Waals surface area contributed by atoms with Crippen LogP contribution in [0.2, 0.25) is 0 Å². The number of halogens is 1. The van der Waals surface area contributed by atoms with Crippen molar-refractivity contribution in [2.24, 2.45) is 0 Å². The van der Waals surface area contributed by atoms with Gasteiger partial charge in [-0.2, -0.15) is 0 Å². The van der Waals surface area contributed by atoms with Gasteiger partial charge in [-0.3, -0.25) is 4.79 Å². The van der Waals surface area contributed by atoms with E-state index in [2.05, 4.69) is 26.6 Å². The van der Waals surface area contributed by atoms with Gasteiger partial charge in [-0.05, 0) is 24.6 Å². The van der Waals surface area contributed by atoms with Crippen LogP contribution in [0.5, 0.6) is 0 Å². The summed E-state index contributed by atoms with van der Waals surface area (Å²) < 4.78 is 0.850. The lowest BCUT2D eigenvalue weighted by molar-refractivity contribution is -0.145. The van der Waals surface area contributed by atoms with Crippen molar-refractivity contribution in [2.75, 3.05) is 0 Å². The third-order valence-corrected chi connectivity index (χ3v) is 3.17. The standard InChI is InChI=1S/C13H15BrN2O5/c1-7(8-3-2-4-9(14)5-8)15-13(21)16-10(12(19)20)6-11(17)18/h2-5,7,10H,6H2,1H3,(H,17,18)(H,19,20)(H2,15,16,21)/t7?,10-/m1/s1. The number of hydrogen-bond acceptors (Lipinski definition) is 3. The Morgan fingerprint density at radius 2 is 1.90 bits per heavy atom. The Balaban J connectivity index is 2.63. The van der Waals surface area contributed by atoms with Gasteiger partial charge in [0, 0.05) is 4.47 Å². The Labute approximate surface area is 129 Å². The quantitative estimate of drug-likeness (QED) is 0.618. The Morgan fingerprint density at radius 1 is 1.24 bits per heavy atom. The van der Waals surface area contributed by atoms with E-state index in [4.69, 9.17) is 10.2 Å². The van der Waals surface area contributed by atoms with E-state index < -0.39 is 30.4 Å². The molecule has 0 fully saturated rings. The van der Waals surface area contributed by atoms with Gasteiger partial charge in [-0.25, -0.2) is 9.59 Å². The largest absolute Gasteiger partial charge is 0.481 e. The highest BCUT2D eigenvalue weighted by atomic mass is 79.9. The molecule has 7 nitrogen and oxygen atoms in total. The second-order valence-corrected chi connectivity index (χ2v) is 5.30. The monoisotopic (exact) mass is 358 g/mol. The SMILES string of the molecule is CC(NC(=O)N[C@H](CC(=O)O)C(=O)O)c1cccc(Br)c1. The molecule has 4 N–H and O–H groups in total. The van der Waals surface area contributed by atoms with Crippen LogP contribution in [0.25, 0.3) is 0 Å². The molecule has 0 saturated carbocycles. The van der Waals surface area contributed by atoms with Crippen molar-refractivity contribution in [1.29, 1.82) is 0 Å². The Bertz CT molecular complexity index is 549. The summed E-state index contributed by atoms with van der Waals surface area (Å²) in [7, 11) is 0. The number of nitrogens with one attached hydrogen (secondary N) is 2. The fourth-order valence-corrected chi connectivity index (χ4v) is 2.05. The van der Waals surface area contributed by atoms with Crippen molar-refractivity contribution in [3.05, 3.63) is 34.3 Å². The van der Waals surface area contributed by atoms with Crippen LogP contribution in [-0.2, 0) is 9.59 Å². The molecule has 1 aromatic carbocycles. The molecular formula is C13H15BrN2O5. The van der Waals surface area contributed by atoms with Gasteiger partial charge in [0.15, 0.2) is 0 Å². The average molecular weight is 359 g/mol. The summed E-state index contributed by atoms with van der Waals surface area (Å²) in [5, 5.41) is 22.1. The van der Waals surface area contributed by atoms with Crippen LogP contribution >= 0.6 is 15.9 Å². The maximum atomic E-state index is 11.7. The summed E-state index contributed by atoms with van der Waals surface area (Å²) >= 11 is 3.31. The first kappa shape index (κ1) is 17.0. The second-order valence-electron chi connectivity index (χ2n) is 4.38. The smallest absolute Gasteiger partial charge is 0.326 e. The molecule has 2 amide bonds. The molecule has 114 valence electrons. The lowest BCUT2D eigenvalue weighted by Gasteiger charge is -2.18. The summed E-state index contributed by atoms with van der Waals surface area (Å²) in [4.78, 5) is 33.1. The molecule has 0 bridgehead atoms.